The molecule has 0 aliphatic rings. The number of benzene rings is 1. The molecule has 1 aromatic carbocycles. The summed E-state index contributed by atoms with van der Waals surface area (Å²) in [4.78, 5) is 10.3. The zero-order valence-corrected chi connectivity index (χ0v) is 5.81. The molecule has 0 spiro atoms. The highest BCUT2D eigenvalue weighted by atomic mass is 16.4. The van der Waals surface area contributed by atoms with Crippen LogP contribution in [-0.4, -0.2) is 21.3 Å². The molecule has 0 aliphatic heterocycles. The fourth-order valence-electron chi connectivity index (χ4n) is 0.771. The Kier molecular flexibility index (Phi) is 1.78. The van der Waals surface area contributed by atoms with E-state index in [0.717, 1.165) is 12.1 Å². The monoisotopic (exact) mass is 169 g/mol. The van der Waals surface area contributed by atoms with Crippen LogP contribution in [-0.2, 0) is 5.11 Å². The van der Waals surface area contributed by atoms with E-state index in [9.17, 15) is 9.90 Å². The zero-order valence-electron chi connectivity index (χ0n) is 5.81. The van der Waals surface area contributed by atoms with E-state index in [4.69, 9.17) is 15.3 Å². The van der Waals surface area contributed by atoms with Gasteiger partial charge in [-0.3, -0.25) is 0 Å². The summed E-state index contributed by atoms with van der Waals surface area (Å²) in [5, 5.41) is 36.9. The quantitative estimate of drug-likeness (QED) is 0.418. The molecule has 5 nitrogen and oxygen atoms in total. The molecule has 0 aliphatic carbocycles. The van der Waals surface area contributed by atoms with Gasteiger partial charge in [0.1, 0.15) is 5.75 Å². The van der Waals surface area contributed by atoms with Crippen molar-refractivity contribution in [3.8, 4) is 17.2 Å². The van der Waals surface area contributed by atoms with Gasteiger partial charge in [-0.1, -0.05) is 0 Å². The largest absolute Gasteiger partial charge is 0.507 e. The van der Waals surface area contributed by atoms with Crippen LogP contribution in [0.1, 0.15) is 10.4 Å². The summed E-state index contributed by atoms with van der Waals surface area (Å²) in [5.74, 6) is -3.91. The molecule has 0 saturated heterocycles. The highest BCUT2D eigenvalue weighted by molar-refractivity contribution is 5.94. The Balaban J connectivity index is 3.43. The predicted octanol–water partition coefficient (Wildman–Crippen LogP) is 0.374. The number of hydrogen-bond donors (Lipinski definition) is 3. The van der Waals surface area contributed by atoms with Gasteiger partial charge in [-0.2, -0.15) is 0 Å². The number of aromatic hydroxyl groups is 3. The van der Waals surface area contributed by atoms with E-state index in [1.54, 1.807) is 0 Å². The number of phenolic OH excluding ortho intramolecular Hbond substituents is 3. The van der Waals surface area contributed by atoms with Crippen molar-refractivity contribution < 1.29 is 25.2 Å². The Hall–Kier alpha value is -1.91. The number of carbonyl (C=O) groups excluding carboxylic acids is 1. The highest BCUT2D eigenvalue weighted by Gasteiger charge is 2.19. The maximum Gasteiger partial charge on any atom is 0.393 e. The number of carbonyl (C=O) groups is 1. The molecule has 0 unspecified atom stereocenters. The summed E-state index contributed by atoms with van der Waals surface area (Å²) < 4.78 is 0. The number of rotatable bonds is 1. The molecule has 0 bridgehead atoms. The average Bonchev–Trinajstić information content (AvgIpc) is 1.97. The molecule has 0 fully saturated rings. The Morgan fingerprint density at radius 3 is 2.00 bits per heavy atom. The van der Waals surface area contributed by atoms with Crippen molar-refractivity contribution in [2.24, 2.45) is 0 Å². The SMILES string of the molecule is [O]C(=O)c1c(O)ccc(O)c1O. The van der Waals surface area contributed by atoms with Crippen LogP contribution in [0.25, 0.3) is 0 Å². The fraction of sp³-hybridized carbons (Fsp3) is 0. The molecule has 5 heteroatoms. The van der Waals surface area contributed by atoms with Gasteiger partial charge in [-0.15, -0.1) is 0 Å². The van der Waals surface area contributed by atoms with Gasteiger partial charge in [0, 0.05) is 0 Å². The zero-order chi connectivity index (χ0) is 9.30. The van der Waals surface area contributed by atoms with Gasteiger partial charge >= 0.3 is 5.97 Å². The van der Waals surface area contributed by atoms with Crippen LogP contribution in [0, 0.1) is 0 Å². The summed E-state index contributed by atoms with van der Waals surface area (Å²) in [6.45, 7) is 0. The van der Waals surface area contributed by atoms with E-state index in [-0.39, 0.29) is 0 Å². The Morgan fingerprint density at radius 2 is 1.58 bits per heavy atom. The summed E-state index contributed by atoms with van der Waals surface area (Å²) in [7, 11) is 0. The third-order valence-electron chi connectivity index (χ3n) is 1.34. The second-order valence-corrected chi connectivity index (χ2v) is 2.11. The standard InChI is InChI=1S/C7H5O5/c8-3-1-2-4(9)6(10)5(3)7(11)12/h1-2,8-10H. The summed E-state index contributed by atoms with van der Waals surface area (Å²) in [6, 6.07) is 1.91. The van der Waals surface area contributed by atoms with E-state index < -0.39 is 28.8 Å². The minimum atomic E-state index is -1.75. The molecule has 0 atom stereocenters. The van der Waals surface area contributed by atoms with Crippen LogP contribution in [0.2, 0.25) is 0 Å². The Bertz CT molecular complexity index is 331. The molecule has 0 heterocycles. The normalized spacial score (nSPS) is 9.67. The third kappa shape index (κ3) is 1.12. The molecule has 3 N–H and O–H groups in total. The first-order chi connectivity index (χ1) is 5.54. The summed E-state index contributed by atoms with van der Waals surface area (Å²) in [5.41, 5.74) is -0.810. The maximum absolute atomic E-state index is 10.3. The average molecular weight is 169 g/mol. The summed E-state index contributed by atoms with van der Waals surface area (Å²) in [6.07, 6.45) is 0. The lowest BCUT2D eigenvalue weighted by Gasteiger charge is -2.01. The number of phenols is 3. The van der Waals surface area contributed by atoms with Crippen LogP contribution in [0.4, 0.5) is 0 Å². The predicted molar refractivity (Wildman–Crippen MR) is 36.5 cm³/mol. The van der Waals surface area contributed by atoms with Crippen LogP contribution in [0.15, 0.2) is 12.1 Å². The minimum Gasteiger partial charge on any atom is -0.507 e. The van der Waals surface area contributed by atoms with Gasteiger partial charge in [0.25, 0.3) is 0 Å². The second kappa shape index (κ2) is 2.61. The van der Waals surface area contributed by atoms with Crippen molar-refractivity contribution in [1.29, 1.82) is 0 Å². The lowest BCUT2D eigenvalue weighted by molar-refractivity contribution is 0.0565. The molecule has 0 aromatic heterocycles. The van der Waals surface area contributed by atoms with Crippen LogP contribution in [0.3, 0.4) is 0 Å². The third-order valence-corrected chi connectivity index (χ3v) is 1.34. The van der Waals surface area contributed by atoms with E-state index in [0.29, 0.717) is 0 Å². The second-order valence-electron chi connectivity index (χ2n) is 2.11. The van der Waals surface area contributed by atoms with Crippen molar-refractivity contribution in [2.45, 2.75) is 0 Å². The molecular formula is C7H5O5. The van der Waals surface area contributed by atoms with Crippen molar-refractivity contribution >= 4 is 5.97 Å². The van der Waals surface area contributed by atoms with Crippen LogP contribution >= 0.6 is 0 Å². The van der Waals surface area contributed by atoms with E-state index >= 15 is 0 Å². The first-order valence-electron chi connectivity index (χ1n) is 2.99. The van der Waals surface area contributed by atoms with Gasteiger partial charge in [0.05, 0.1) is 0 Å². The van der Waals surface area contributed by atoms with Crippen molar-refractivity contribution in [2.75, 3.05) is 0 Å². The topological polar surface area (TPSA) is 97.7 Å². The van der Waals surface area contributed by atoms with Gasteiger partial charge < -0.3 is 15.3 Å². The first-order valence-corrected chi connectivity index (χ1v) is 2.99. The Morgan fingerprint density at radius 1 is 1.08 bits per heavy atom. The van der Waals surface area contributed by atoms with E-state index in [1.807, 2.05) is 0 Å². The highest BCUT2D eigenvalue weighted by Crippen LogP contribution is 2.34. The smallest absolute Gasteiger partial charge is 0.393 e. The fourth-order valence-corrected chi connectivity index (χ4v) is 0.771. The molecular weight excluding hydrogens is 164 g/mol. The van der Waals surface area contributed by atoms with Gasteiger partial charge in [-0.05, 0) is 12.1 Å². The van der Waals surface area contributed by atoms with Crippen molar-refractivity contribution in [3.63, 3.8) is 0 Å². The van der Waals surface area contributed by atoms with Crippen LogP contribution < -0.4 is 0 Å². The molecule has 0 amide bonds. The number of hydrogen-bond acceptors (Lipinski definition) is 4. The van der Waals surface area contributed by atoms with Gasteiger partial charge in [0.15, 0.2) is 17.1 Å². The van der Waals surface area contributed by atoms with Crippen LogP contribution in [0.5, 0.6) is 17.2 Å². The first kappa shape index (κ1) is 8.19. The minimum absolute atomic E-state index is 0.619. The molecule has 12 heavy (non-hydrogen) atoms. The summed E-state index contributed by atoms with van der Waals surface area (Å²) >= 11 is 0. The lowest BCUT2D eigenvalue weighted by Crippen LogP contribution is -1.95. The van der Waals surface area contributed by atoms with Gasteiger partial charge in [0.2, 0.25) is 0 Å². The molecule has 1 aromatic rings. The van der Waals surface area contributed by atoms with Gasteiger partial charge in [-0.25, -0.2) is 9.90 Å². The lowest BCUT2D eigenvalue weighted by atomic mass is 10.1. The molecule has 1 rings (SSSR count). The van der Waals surface area contributed by atoms with E-state index in [2.05, 4.69) is 0 Å². The van der Waals surface area contributed by atoms with E-state index in [1.165, 1.54) is 0 Å². The van der Waals surface area contributed by atoms with Crippen molar-refractivity contribution in [3.05, 3.63) is 17.7 Å². The van der Waals surface area contributed by atoms with Crippen molar-refractivity contribution in [1.82, 2.24) is 0 Å². The molecule has 63 valence electrons. The molecule has 0 saturated carbocycles. The Labute approximate surface area is 67.1 Å². The molecule has 1 radical (unpaired) electrons. The maximum atomic E-state index is 10.3.